The van der Waals surface area contributed by atoms with E-state index < -0.39 is 10.0 Å². The molecule has 2 aromatic carbocycles. The van der Waals surface area contributed by atoms with Crippen LogP contribution in [0.25, 0.3) is 0 Å². The first-order valence-electron chi connectivity index (χ1n) is 9.52. The van der Waals surface area contributed by atoms with Crippen LogP contribution in [-0.4, -0.2) is 33.3 Å². The highest BCUT2D eigenvalue weighted by atomic mass is 32.2. The van der Waals surface area contributed by atoms with Crippen molar-refractivity contribution >= 4 is 44.7 Å². The van der Waals surface area contributed by atoms with Crippen molar-refractivity contribution in [1.82, 2.24) is 19.7 Å². The number of nitrogens with one attached hydrogen (secondary N) is 3. The molecule has 0 atom stereocenters. The van der Waals surface area contributed by atoms with Gasteiger partial charge in [0.2, 0.25) is 5.95 Å². The van der Waals surface area contributed by atoms with Crippen LogP contribution in [0.2, 0.25) is 0 Å². The Kier molecular flexibility index (Phi) is 6.38. The number of nitrogens with zero attached hydrogens (tertiary/aromatic N) is 4. The van der Waals surface area contributed by atoms with E-state index in [0.717, 1.165) is 11.3 Å². The maximum Gasteiger partial charge on any atom is 0.264 e. The normalized spacial score (nSPS) is 11.0. The predicted molar refractivity (Wildman–Crippen MR) is 127 cm³/mol. The number of benzene rings is 2. The molecule has 0 fully saturated rings. The average molecular weight is 466 g/mol. The third-order valence-corrected chi connectivity index (χ3v) is 5.85. The van der Waals surface area contributed by atoms with Gasteiger partial charge < -0.3 is 10.6 Å². The molecule has 0 radical (unpaired) electrons. The number of sulfonamides is 1. The number of anilines is 3. The number of aromatic nitrogens is 4. The zero-order valence-corrected chi connectivity index (χ0v) is 18.3. The Labute approximate surface area is 190 Å². The number of thiocarbonyl (C=S) groups is 1. The lowest BCUT2D eigenvalue weighted by Crippen LogP contribution is -2.19. The third kappa shape index (κ3) is 5.65. The summed E-state index contributed by atoms with van der Waals surface area (Å²) < 4.78 is 29.1. The van der Waals surface area contributed by atoms with Crippen LogP contribution in [0, 0.1) is 0 Å². The van der Waals surface area contributed by atoms with Crippen LogP contribution in [0.4, 0.5) is 17.3 Å². The van der Waals surface area contributed by atoms with Gasteiger partial charge in [0.15, 0.2) is 5.11 Å². The molecule has 32 heavy (non-hydrogen) atoms. The number of rotatable bonds is 7. The predicted octanol–water partition coefficient (Wildman–Crippen LogP) is 3.33. The molecule has 4 aromatic rings. The molecule has 162 valence electrons. The van der Waals surface area contributed by atoms with Gasteiger partial charge in [-0.2, -0.15) is 5.10 Å². The maximum absolute atomic E-state index is 12.5. The fraction of sp³-hybridized carbons (Fsp3) is 0.0476. The van der Waals surface area contributed by atoms with Crippen LogP contribution >= 0.6 is 12.2 Å². The monoisotopic (exact) mass is 465 g/mol. The van der Waals surface area contributed by atoms with E-state index in [0.29, 0.717) is 17.3 Å². The van der Waals surface area contributed by atoms with Gasteiger partial charge in [-0.05, 0) is 66.3 Å². The Hall–Kier alpha value is -3.83. The van der Waals surface area contributed by atoms with E-state index >= 15 is 0 Å². The average Bonchev–Trinajstić information content (AvgIpc) is 3.28. The number of hydrogen-bond acceptors (Lipinski definition) is 6. The molecule has 0 aliphatic carbocycles. The summed E-state index contributed by atoms with van der Waals surface area (Å²) in [6, 6.07) is 17.5. The van der Waals surface area contributed by atoms with Crippen molar-refractivity contribution in [2.75, 3.05) is 15.4 Å². The first kappa shape index (κ1) is 21.4. The van der Waals surface area contributed by atoms with E-state index in [1.807, 2.05) is 41.2 Å². The lowest BCUT2D eigenvalue weighted by Gasteiger charge is -2.12. The van der Waals surface area contributed by atoms with Crippen LogP contribution < -0.4 is 15.4 Å². The lowest BCUT2D eigenvalue weighted by atomic mass is 10.2. The largest absolute Gasteiger partial charge is 0.332 e. The molecule has 2 heterocycles. The molecule has 0 unspecified atom stereocenters. The second kappa shape index (κ2) is 9.54. The molecule has 0 bridgehead atoms. The van der Waals surface area contributed by atoms with Gasteiger partial charge >= 0.3 is 0 Å². The van der Waals surface area contributed by atoms with E-state index in [9.17, 15) is 8.42 Å². The smallest absolute Gasteiger partial charge is 0.264 e. The minimum absolute atomic E-state index is 0.00914. The number of hydrogen-bond donors (Lipinski definition) is 3. The Morgan fingerprint density at radius 2 is 1.66 bits per heavy atom. The second-order valence-electron chi connectivity index (χ2n) is 6.69. The molecule has 0 saturated heterocycles. The van der Waals surface area contributed by atoms with Crippen molar-refractivity contribution < 1.29 is 8.42 Å². The summed E-state index contributed by atoms with van der Waals surface area (Å²) in [4.78, 5) is 7.82. The van der Waals surface area contributed by atoms with Crippen LogP contribution in [0.5, 0.6) is 0 Å². The van der Waals surface area contributed by atoms with Crippen molar-refractivity contribution in [3.63, 3.8) is 0 Å². The van der Waals surface area contributed by atoms with E-state index in [1.165, 1.54) is 24.5 Å². The van der Waals surface area contributed by atoms with Gasteiger partial charge in [0.25, 0.3) is 10.0 Å². The summed E-state index contributed by atoms with van der Waals surface area (Å²) in [5.74, 6) is 0.00914. The van der Waals surface area contributed by atoms with Gasteiger partial charge in [-0.15, -0.1) is 0 Å². The molecule has 3 N–H and O–H groups in total. The van der Waals surface area contributed by atoms with E-state index in [-0.39, 0.29) is 10.8 Å². The molecular formula is C21H19N7O2S2. The summed E-state index contributed by atoms with van der Waals surface area (Å²) in [5.41, 5.74) is 2.55. The topological polar surface area (TPSA) is 114 Å². The van der Waals surface area contributed by atoms with Gasteiger partial charge in [-0.25, -0.2) is 23.1 Å². The zero-order chi connectivity index (χ0) is 22.4. The van der Waals surface area contributed by atoms with Gasteiger partial charge in [-0.3, -0.25) is 4.68 Å². The molecule has 4 rings (SSSR count). The van der Waals surface area contributed by atoms with E-state index in [1.54, 1.807) is 24.4 Å². The SMILES string of the molecule is O=S(=O)(Nc1ncccn1)c1ccc(NC(=S)Nc2cccc(Cn3cccn3)c2)cc1. The Bertz CT molecular complexity index is 1290. The van der Waals surface area contributed by atoms with Crippen molar-refractivity contribution in [1.29, 1.82) is 0 Å². The Balaban J connectivity index is 1.37. The second-order valence-corrected chi connectivity index (χ2v) is 8.78. The first-order valence-corrected chi connectivity index (χ1v) is 11.4. The molecule has 0 saturated carbocycles. The minimum atomic E-state index is -3.79. The summed E-state index contributed by atoms with van der Waals surface area (Å²) >= 11 is 5.38. The van der Waals surface area contributed by atoms with Crippen LogP contribution in [0.15, 0.2) is 90.3 Å². The van der Waals surface area contributed by atoms with Gasteiger partial charge in [0.1, 0.15) is 0 Å². The quantitative estimate of drug-likeness (QED) is 0.356. The summed E-state index contributed by atoms with van der Waals surface area (Å²) in [5, 5.41) is 10.8. The van der Waals surface area contributed by atoms with Crippen molar-refractivity contribution in [3.8, 4) is 0 Å². The molecule has 2 aromatic heterocycles. The van der Waals surface area contributed by atoms with Gasteiger partial charge in [0, 0.05) is 36.2 Å². The fourth-order valence-corrected chi connectivity index (χ4v) is 4.06. The maximum atomic E-state index is 12.5. The lowest BCUT2D eigenvalue weighted by molar-refractivity contribution is 0.601. The zero-order valence-electron chi connectivity index (χ0n) is 16.7. The summed E-state index contributed by atoms with van der Waals surface area (Å²) in [6.07, 6.45) is 6.56. The Morgan fingerprint density at radius 1 is 0.906 bits per heavy atom. The molecule has 0 aliphatic rings. The standard InChI is InChI=1S/C21H19N7O2S2/c29-32(30,27-20-22-10-2-11-23-20)19-8-6-17(7-9-19)25-21(31)26-18-5-1-4-16(14-18)15-28-13-3-12-24-28/h1-14H,15H2,(H,22,23,27)(H2,25,26,31). The van der Waals surface area contributed by atoms with E-state index in [2.05, 4.69) is 30.4 Å². The first-order chi connectivity index (χ1) is 15.5. The molecule has 9 nitrogen and oxygen atoms in total. The molecule has 11 heteroatoms. The van der Waals surface area contributed by atoms with E-state index in [4.69, 9.17) is 12.2 Å². The summed E-state index contributed by atoms with van der Waals surface area (Å²) in [7, 11) is -3.79. The van der Waals surface area contributed by atoms with Crippen LogP contribution in [0.1, 0.15) is 5.56 Å². The highest BCUT2D eigenvalue weighted by Crippen LogP contribution is 2.17. The molecule has 0 spiro atoms. The highest BCUT2D eigenvalue weighted by molar-refractivity contribution is 7.92. The van der Waals surface area contributed by atoms with Gasteiger partial charge in [-0.1, -0.05) is 12.1 Å². The molecule has 0 amide bonds. The minimum Gasteiger partial charge on any atom is -0.332 e. The Morgan fingerprint density at radius 3 is 2.38 bits per heavy atom. The van der Waals surface area contributed by atoms with Crippen LogP contribution in [0.3, 0.4) is 0 Å². The van der Waals surface area contributed by atoms with Crippen molar-refractivity contribution in [3.05, 3.63) is 91.0 Å². The molecular weight excluding hydrogens is 446 g/mol. The van der Waals surface area contributed by atoms with Gasteiger partial charge in [0.05, 0.1) is 11.4 Å². The van der Waals surface area contributed by atoms with Crippen molar-refractivity contribution in [2.24, 2.45) is 0 Å². The highest BCUT2D eigenvalue weighted by Gasteiger charge is 2.15. The molecule has 0 aliphatic heterocycles. The summed E-state index contributed by atoms with van der Waals surface area (Å²) in [6.45, 7) is 0.653. The van der Waals surface area contributed by atoms with Crippen molar-refractivity contribution in [2.45, 2.75) is 11.4 Å². The fourth-order valence-electron chi connectivity index (χ4n) is 2.87. The van der Waals surface area contributed by atoms with Crippen LogP contribution in [-0.2, 0) is 16.6 Å². The third-order valence-electron chi connectivity index (χ3n) is 4.30.